The van der Waals surface area contributed by atoms with Crippen LogP contribution in [0.25, 0.3) is 97.7 Å². The van der Waals surface area contributed by atoms with Gasteiger partial charge in [0, 0.05) is 47.6 Å². The van der Waals surface area contributed by atoms with Crippen molar-refractivity contribution in [2.45, 2.75) is 11.6 Å². The lowest BCUT2D eigenvalue weighted by Gasteiger charge is -2.32. The zero-order valence-electron chi connectivity index (χ0n) is 40.5. The van der Waals surface area contributed by atoms with Gasteiger partial charge >= 0.3 is 0 Å². The Kier molecular flexibility index (Phi) is 9.15. The van der Waals surface area contributed by atoms with Crippen LogP contribution in [0.2, 0.25) is 0 Å². The third kappa shape index (κ3) is 6.29. The average Bonchev–Trinajstić information content (AvgIpc) is 4.42. The van der Waals surface area contributed by atoms with E-state index in [4.69, 9.17) is 14.4 Å². The van der Waals surface area contributed by atoms with Gasteiger partial charge in [0.2, 0.25) is 0 Å². The first kappa shape index (κ1) is 42.1. The van der Waals surface area contributed by atoms with Gasteiger partial charge in [-0.1, -0.05) is 206 Å². The van der Waals surface area contributed by atoms with E-state index in [2.05, 4.69) is 248 Å². The third-order valence-corrected chi connectivity index (χ3v) is 17.2. The van der Waals surface area contributed by atoms with Gasteiger partial charge in [0.1, 0.15) is 23.2 Å². The number of thiophene rings is 1. The molecular formula is C70H43N3OS. The summed E-state index contributed by atoms with van der Waals surface area (Å²) in [5.74, 6) is 1.45. The van der Waals surface area contributed by atoms with E-state index >= 15 is 0 Å². The van der Waals surface area contributed by atoms with E-state index in [-0.39, 0.29) is 0 Å². The van der Waals surface area contributed by atoms with E-state index < -0.39 is 11.6 Å². The summed E-state index contributed by atoms with van der Waals surface area (Å²) < 4.78 is 9.20. The summed E-state index contributed by atoms with van der Waals surface area (Å²) in [5.41, 5.74) is 21.8. The molecule has 0 fully saturated rings. The van der Waals surface area contributed by atoms with Crippen LogP contribution in [0.5, 0.6) is 0 Å². The van der Waals surface area contributed by atoms with Gasteiger partial charge in [-0.15, -0.1) is 11.3 Å². The van der Waals surface area contributed by atoms with Crippen molar-refractivity contribution in [2.24, 2.45) is 9.98 Å². The number of nitrogens with one attached hydrogen (secondary N) is 1. The minimum atomic E-state index is -0.454. The van der Waals surface area contributed by atoms with Crippen LogP contribution in [-0.2, 0) is 5.41 Å². The van der Waals surface area contributed by atoms with Crippen molar-refractivity contribution < 1.29 is 4.42 Å². The molecule has 2 aromatic heterocycles. The fourth-order valence-electron chi connectivity index (χ4n) is 12.7. The van der Waals surface area contributed by atoms with Crippen LogP contribution in [0.1, 0.15) is 45.1 Å². The van der Waals surface area contributed by atoms with Gasteiger partial charge in [-0.25, -0.2) is 9.98 Å². The fraction of sp³-hybridized carbons (Fsp3) is 0.0286. The molecule has 1 N–H and O–H groups in total. The number of hydrogen-bond donors (Lipinski definition) is 1. The van der Waals surface area contributed by atoms with Crippen LogP contribution in [0.3, 0.4) is 0 Å². The van der Waals surface area contributed by atoms with Crippen molar-refractivity contribution in [2.75, 3.05) is 0 Å². The molecule has 75 heavy (non-hydrogen) atoms. The number of hydrogen-bond acceptors (Lipinski definition) is 5. The van der Waals surface area contributed by atoms with E-state index in [0.717, 1.165) is 61.2 Å². The summed E-state index contributed by atoms with van der Waals surface area (Å²) in [6.45, 7) is 0. The molecule has 0 bridgehead atoms. The Hall–Kier alpha value is -9.42. The second-order valence-corrected chi connectivity index (χ2v) is 21.0. The molecule has 16 rings (SSSR count). The predicted octanol–water partition coefficient (Wildman–Crippen LogP) is 17.8. The Bertz CT molecular complexity index is 4500. The molecular weight excluding hydrogens is 931 g/mol. The minimum absolute atomic E-state index is 0.427. The van der Waals surface area contributed by atoms with E-state index in [1.54, 1.807) is 0 Å². The van der Waals surface area contributed by atoms with E-state index in [1.165, 1.54) is 81.4 Å². The van der Waals surface area contributed by atoms with Crippen LogP contribution in [-0.4, -0.2) is 11.7 Å². The number of rotatable bonds is 6. The summed E-state index contributed by atoms with van der Waals surface area (Å²) >= 11 is 1.82. The Balaban J connectivity index is 0.799. The summed E-state index contributed by atoms with van der Waals surface area (Å²) in [6, 6.07) is 90.5. The highest BCUT2D eigenvalue weighted by molar-refractivity contribution is 7.25. The number of benzene rings is 11. The van der Waals surface area contributed by atoms with Gasteiger partial charge < -0.3 is 9.73 Å². The van der Waals surface area contributed by atoms with Gasteiger partial charge in [0.25, 0.3) is 0 Å². The third-order valence-electron chi connectivity index (χ3n) is 16.0. The monoisotopic (exact) mass is 973 g/mol. The zero-order valence-corrected chi connectivity index (χ0v) is 41.3. The van der Waals surface area contributed by atoms with Crippen LogP contribution >= 0.6 is 11.3 Å². The molecule has 11 aromatic carbocycles. The smallest absolute Gasteiger partial charge is 0.159 e. The van der Waals surface area contributed by atoms with Crippen molar-refractivity contribution in [3.8, 4) is 55.6 Å². The number of amidine groups is 2. The van der Waals surface area contributed by atoms with Gasteiger partial charge in [-0.3, -0.25) is 0 Å². The predicted molar refractivity (Wildman–Crippen MR) is 311 cm³/mol. The molecule has 0 amide bonds. The van der Waals surface area contributed by atoms with E-state index in [9.17, 15) is 0 Å². The molecule has 0 saturated carbocycles. The molecule has 4 nitrogen and oxygen atoms in total. The molecule has 2 aliphatic carbocycles. The minimum Gasteiger partial charge on any atom is -0.456 e. The molecule has 1 atom stereocenters. The molecule has 1 unspecified atom stereocenters. The van der Waals surface area contributed by atoms with E-state index in [0.29, 0.717) is 5.84 Å². The zero-order chi connectivity index (χ0) is 49.2. The second kappa shape index (κ2) is 16.3. The first-order chi connectivity index (χ1) is 37.2. The van der Waals surface area contributed by atoms with Crippen LogP contribution in [0, 0.1) is 0 Å². The lowest BCUT2D eigenvalue weighted by atomic mass is 9.68. The molecule has 0 radical (unpaired) electrons. The molecule has 3 heterocycles. The Morgan fingerprint density at radius 2 is 0.933 bits per heavy atom. The summed E-state index contributed by atoms with van der Waals surface area (Å²) in [4.78, 5) is 10.7. The summed E-state index contributed by atoms with van der Waals surface area (Å²) in [5, 5.41) is 8.37. The normalized spacial score (nSPS) is 14.9. The highest BCUT2D eigenvalue weighted by atomic mass is 32.1. The maximum atomic E-state index is 6.67. The fourth-order valence-corrected chi connectivity index (χ4v) is 13.8. The standard InChI is InChI=1S/C70H43N3OS/c1-2-14-42(15-3-1)43-30-34-46(35-31-43)67-71-68(48-37-39-64-56(41-48)53-19-7-11-27-63(53)75-64)73-69(72-67)55-22-13-26-62-65(55)57-40-47(36-38-61(57)74-62)44-28-32-45(33-29-44)49-20-12-21-54-52-18-6-10-25-60(52)70(66(49)54)58-23-8-4-16-50(58)51-17-5-9-24-59(51)70/h1-41,69H,(H,71,72,73). The molecule has 350 valence electrons. The van der Waals surface area contributed by atoms with Gasteiger partial charge in [-0.2, -0.15) is 0 Å². The van der Waals surface area contributed by atoms with Crippen LogP contribution in [0.4, 0.5) is 0 Å². The molecule has 0 saturated heterocycles. The van der Waals surface area contributed by atoms with Crippen molar-refractivity contribution in [3.05, 3.63) is 288 Å². The molecule has 3 aliphatic rings. The lowest BCUT2D eigenvalue weighted by molar-refractivity contribution is 0.662. The topological polar surface area (TPSA) is 49.9 Å². The summed E-state index contributed by atoms with van der Waals surface area (Å²) in [7, 11) is 0. The molecule has 13 aromatic rings. The average molecular weight is 974 g/mol. The number of aliphatic imine (C=N–C) groups is 2. The van der Waals surface area contributed by atoms with Gasteiger partial charge in [-0.05, 0) is 120 Å². The van der Waals surface area contributed by atoms with E-state index in [1.807, 2.05) is 17.4 Å². The maximum absolute atomic E-state index is 6.67. The van der Waals surface area contributed by atoms with Crippen molar-refractivity contribution in [1.29, 1.82) is 0 Å². The van der Waals surface area contributed by atoms with Crippen molar-refractivity contribution in [3.63, 3.8) is 0 Å². The van der Waals surface area contributed by atoms with Crippen LogP contribution in [0.15, 0.2) is 263 Å². The number of furan rings is 1. The molecule has 1 aliphatic heterocycles. The Labute approximate surface area is 437 Å². The molecule has 1 spiro atoms. The Morgan fingerprint density at radius 3 is 1.69 bits per heavy atom. The Morgan fingerprint density at radius 1 is 0.387 bits per heavy atom. The van der Waals surface area contributed by atoms with Crippen molar-refractivity contribution in [1.82, 2.24) is 5.32 Å². The maximum Gasteiger partial charge on any atom is 0.159 e. The van der Waals surface area contributed by atoms with Gasteiger partial charge in [0.05, 0.1) is 5.41 Å². The van der Waals surface area contributed by atoms with Crippen molar-refractivity contribution >= 4 is 65.1 Å². The van der Waals surface area contributed by atoms with Gasteiger partial charge in [0.15, 0.2) is 5.84 Å². The quantitative estimate of drug-likeness (QED) is 0.180. The van der Waals surface area contributed by atoms with Crippen LogP contribution < -0.4 is 5.32 Å². The second-order valence-electron chi connectivity index (χ2n) is 19.9. The first-order valence-electron chi connectivity index (χ1n) is 25.6. The first-order valence-corrected chi connectivity index (χ1v) is 26.5. The number of fused-ring (bicyclic) bond motifs is 16. The SMILES string of the molecule is c1ccc(-c2ccc(C3=NC(c4cccc5oc6ccc(-c7ccc(-c8cccc9c8C8(c%10ccccc%10-c%10ccccc%108)c8ccccc8-9)cc7)cc6c45)NC(c4ccc5sc6ccccc6c5c4)=N3)cc2)cc1. The number of nitrogens with zero attached hydrogens (tertiary/aromatic N) is 2. The molecule has 5 heteroatoms. The largest absolute Gasteiger partial charge is 0.456 e. The highest BCUT2D eigenvalue weighted by Crippen LogP contribution is 2.64. The lowest BCUT2D eigenvalue weighted by Crippen LogP contribution is -2.33. The summed E-state index contributed by atoms with van der Waals surface area (Å²) in [6.07, 6.45) is -0.454. The highest BCUT2D eigenvalue weighted by Gasteiger charge is 2.52.